The number of methoxy groups -OCH3 is 1. The van der Waals surface area contributed by atoms with E-state index in [0.29, 0.717) is 15.8 Å². The van der Waals surface area contributed by atoms with Crippen LogP contribution in [-0.4, -0.2) is 13.1 Å². The number of halogens is 2. The number of anilines is 1. The molecule has 0 aliphatic heterocycles. The lowest BCUT2D eigenvalue weighted by molar-refractivity contribution is 0.0562. The molecule has 0 fully saturated rings. The summed E-state index contributed by atoms with van der Waals surface area (Å²) in [5, 5.41) is 4.28. The van der Waals surface area contributed by atoms with Gasteiger partial charge < -0.3 is 14.5 Å². The van der Waals surface area contributed by atoms with Gasteiger partial charge in [-0.25, -0.2) is 4.79 Å². The van der Waals surface area contributed by atoms with Crippen LogP contribution in [0.5, 0.6) is 0 Å². The fraction of sp³-hybridized carbons (Fsp3) is 0.214. The van der Waals surface area contributed by atoms with E-state index in [4.69, 9.17) is 27.6 Å². The fourth-order valence-corrected chi connectivity index (χ4v) is 2.28. The Morgan fingerprint density at radius 1 is 1.25 bits per heavy atom. The maximum Gasteiger partial charge on any atom is 0.373 e. The first-order valence-electron chi connectivity index (χ1n) is 5.90. The number of esters is 1. The number of carbonyl (C=O) groups is 1. The lowest BCUT2D eigenvalue weighted by Crippen LogP contribution is -2.06. The molecule has 1 unspecified atom stereocenters. The minimum absolute atomic E-state index is 0.150. The number of ether oxygens (including phenoxy) is 1. The number of hydrogen-bond donors (Lipinski definition) is 1. The monoisotopic (exact) mass is 313 g/mol. The van der Waals surface area contributed by atoms with Crippen molar-refractivity contribution in [3.05, 3.63) is 51.9 Å². The lowest BCUT2D eigenvalue weighted by Gasteiger charge is -2.13. The van der Waals surface area contributed by atoms with Crippen LogP contribution in [0.1, 0.15) is 29.3 Å². The molecule has 0 amide bonds. The largest absolute Gasteiger partial charge is 0.463 e. The van der Waals surface area contributed by atoms with E-state index >= 15 is 0 Å². The summed E-state index contributed by atoms with van der Waals surface area (Å²) in [5.74, 6) is 0.274. The van der Waals surface area contributed by atoms with Crippen LogP contribution in [0.2, 0.25) is 10.0 Å². The summed E-state index contributed by atoms with van der Waals surface area (Å²) < 4.78 is 10.0. The van der Waals surface area contributed by atoms with Gasteiger partial charge in [0.25, 0.3) is 0 Å². The van der Waals surface area contributed by atoms with Gasteiger partial charge in [0.1, 0.15) is 5.76 Å². The molecule has 1 atom stereocenters. The predicted octanol–water partition coefficient (Wildman–Crippen LogP) is 4.55. The summed E-state index contributed by atoms with van der Waals surface area (Å²) in [6.07, 6.45) is 0. The molecule has 1 aromatic carbocycles. The Bertz CT molecular complexity index is 604. The third kappa shape index (κ3) is 3.46. The molecule has 6 heteroatoms. The molecular formula is C14H13Cl2NO3. The van der Waals surface area contributed by atoms with Crippen molar-refractivity contribution >= 4 is 34.9 Å². The van der Waals surface area contributed by atoms with Gasteiger partial charge in [0.2, 0.25) is 5.76 Å². The summed E-state index contributed by atoms with van der Waals surface area (Å²) in [5.41, 5.74) is 0.769. The van der Waals surface area contributed by atoms with E-state index in [2.05, 4.69) is 10.1 Å². The second-order valence-electron chi connectivity index (χ2n) is 4.22. The Morgan fingerprint density at radius 3 is 2.50 bits per heavy atom. The van der Waals surface area contributed by atoms with E-state index in [1.165, 1.54) is 7.11 Å². The van der Waals surface area contributed by atoms with E-state index in [0.717, 1.165) is 5.69 Å². The fourth-order valence-electron chi connectivity index (χ4n) is 1.75. The lowest BCUT2D eigenvalue weighted by atomic mass is 10.2. The number of nitrogens with one attached hydrogen (secondary N) is 1. The predicted molar refractivity (Wildman–Crippen MR) is 78.5 cm³/mol. The van der Waals surface area contributed by atoms with Gasteiger partial charge in [0, 0.05) is 15.7 Å². The van der Waals surface area contributed by atoms with Gasteiger partial charge in [-0.1, -0.05) is 23.2 Å². The first-order valence-corrected chi connectivity index (χ1v) is 6.66. The molecule has 1 N–H and O–H groups in total. The summed E-state index contributed by atoms with van der Waals surface area (Å²) in [6, 6.07) is 8.31. The van der Waals surface area contributed by atoms with Crippen molar-refractivity contribution in [1.82, 2.24) is 0 Å². The quantitative estimate of drug-likeness (QED) is 0.841. The summed E-state index contributed by atoms with van der Waals surface area (Å²) >= 11 is 11.9. The number of hydrogen-bond acceptors (Lipinski definition) is 4. The van der Waals surface area contributed by atoms with Crippen LogP contribution >= 0.6 is 23.2 Å². The molecule has 0 aliphatic carbocycles. The molecular weight excluding hydrogens is 301 g/mol. The van der Waals surface area contributed by atoms with Crippen LogP contribution in [0.25, 0.3) is 0 Å². The first-order chi connectivity index (χ1) is 9.49. The molecule has 1 aromatic heterocycles. The standard InChI is InChI=1S/C14H13Cl2NO3/c1-8(12-3-4-13(20-12)14(18)19-2)17-11-6-9(15)5-10(16)7-11/h3-8,17H,1-2H3. The highest BCUT2D eigenvalue weighted by molar-refractivity contribution is 6.35. The minimum atomic E-state index is -0.505. The zero-order valence-corrected chi connectivity index (χ0v) is 12.5. The van der Waals surface area contributed by atoms with Gasteiger partial charge in [-0.3, -0.25) is 0 Å². The van der Waals surface area contributed by atoms with E-state index in [1.807, 2.05) is 6.92 Å². The van der Waals surface area contributed by atoms with E-state index in [9.17, 15) is 4.79 Å². The highest BCUT2D eigenvalue weighted by atomic mass is 35.5. The van der Waals surface area contributed by atoms with Crippen LogP contribution in [-0.2, 0) is 4.74 Å². The maximum absolute atomic E-state index is 11.3. The number of benzene rings is 1. The second kappa shape index (κ2) is 6.20. The van der Waals surface area contributed by atoms with E-state index < -0.39 is 5.97 Å². The molecule has 4 nitrogen and oxygen atoms in total. The van der Waals surface area contributed by atoms with Gasteiger partial charge in [0.05, 0.1) is 13.2 Å². The molecule has 0 radical (unpaired) electrons. The minimum Gasteiger partial charge on any atom is -0.463 e. The highest BCUT2D eigenvalue weighted by Crippen LogP contribution is 2.26. The summed E-state index contributed by atoms with van der Waals surface area (Å²) in [6.45, 7) is 1.90. The Morgan fingerprint density at radius 2 is 1.90 bits per heavy atom. The number of furan rings is 1. The van der Waals surface area contributed by atoms with Crippen LogP contribution < -0.4 is 5.32 Å². The van der Waals surface area contributed by atoms with Crippen LogP contribution in [0.15, 0.2) is 34.7 Å². The average Bonchev–Trinajstić information content (AvgIpc) is 2.86. The van der Waals surface area contributed by atoms with Gasteiger partial charge in [-0.2, -0.15) is 0 Å². The molecule has 1 heterocycles. The number of rotatable bonds is 4. The summed E-state index contributed by atoms with van der Waals surface area (Å²) in [4.78, 5) is 11.3. The molecule has 20 heavy (non-hydrogen) atoms. The Kier molecular flexibility index (Phi) is 4.57. The van der Waals surface area contributed by atoms with Crippen molar-refractivity contribution in [1.29, 1.82) is 0 Å². The van der Waals surface area contributed by atoms with Crippen molar-refractivity contribution in [3.8, 4) is 0 Å². The Balaban J connectivity index is 2.13. The molecule has 0 saturated carbocycles. The van der Waals surface area contributed by atoms with Crippen LogP contribution in [0.4, 0.5) is 5.69 Å². The number of carbonyl (C=O) groups excluding carboxylic acids is 1. The molecule has 106 valence electrons. The molecule has 0 bridgehead atoms. The SMILES string of the molecule is COC(=O)c1ccc(C(C)Nc2cc(Cl)cc(Cl)c2)o1. The van der Waals surface area contributed by atoms with Crippen molar-refractivity contribution in [2.75, 3.05) is 12.4 Å². The Hall–Kier alpha value is -1.65. The molecule has 0 saturated heterocycles. The normalized spacial score (nSPS) is 12.0. The zero-order chi connectivity index (χ0) is 14.7. The Labute approximate surface area is 126 Å². The molecule has 0 spiro atoms. The zero-order valence-electron chi connectivity index (χ0n) is 10.9. The van der Waals surface area contributed by atoms with E-state index in [-0.39, 0.29) is 11.8 Å². The van der Waals surface area contributed by atoms with Crippen molar-refractivity contribution in [2.24, 2.45) is 0 Å². The molecule has 0 aliphatic rings. The topological polar surface area (TPSA) is 51.5 Å². The smallest absolute Gasteiger partial charge is 0.373 e. The third-order valence-corrected chi connectivity index (χ3v) is 3.12. The van der Waals surface area contributed by atoms with Crippen LogP contribution in [0, 0.1) is 0 Å². The van der Waals surface area contributed by atoms with Crippen molar-refractivity contribution < 1.29 is 13.9 Å². The first kappa shape index (κ1) is 14.8. The van der Waals surface area contributed by atoms with Crippen LogP contribution in [0.3, 0.4) is 0 Å². The van der Waals surface area contributed by atoms with Crippen molar-refractivity contribution in [2.45, 2.75) is 13.0 Å². The average molecular weight is 314 g/mol. The molecule has 2 aromatic rings. The molecule has 2 rings (SSSR count). The van der Waals surface area contributed by atoms with Gasteiger partial charge in [0.15, 0.2) is 0 Å². The van der Waals surface area contributed by atoms with Gasteiger partial charge in [-0.05, 0) is 37.3 Å². The van der Waals surface area contributed by atoms with Crippen molar-refractivity contribution in [3.63, 3.8) is 0 Å². The van der Waals surface area contributed by atoms with Gasteiger partial charge >= 0.3 is 5.97 Å². The third-order valence-electron chi connectivity index (χ3n) is 2.69. The second-order valence-corrected chi connectivity index (χ2v) is 5.09. The summed E-state index contributed by atoms with van der Waals surface area (Å²) in [7, 11) is 1.31. The van der Waals surface area contributed by atoms with E-state index in [1.54, 1.807) is 30.3 Å². The van der Waals surface area contributed by atoms with Gasteiger partial charge in [-0.15, -0.1) is 0 Å². The maximum atomic E-state index is 11.3. The highest BCUT2D eigenvalue weighted by Gasteiger charge is 2.15.